The van der Waals surface area contributed by atoms with Gasteiger partial charge in [0.2, 0.25) is 0 Å². The highest BCUT2D eigenvalue weighted by molar-refractivity contribution is 6.25. The lowest BCUT2D eigenvalue weighted by molar-refractivity contribution is 0.466. The zero-order chi connectivity index (χ0) is 37.7. The van der Waals surface area contributed by atoms with Crippen molar-refractivity contribution in [1.29, 1.82) is 0 Å². The molecule has 3 aliphatic carbocycles. The van der Waals surface area contributed by atoms with Crippen molar-refractivity contribution in [2.45, 2.75) is 71.1 Å². The Bertz CT molecular complexity index is 3150. The minimum Gasteiger partial charge on any atom is -0.455 e. The van der Waals surface area contributed by atoms with Gasteiger partial charge < -0.3 is 8.98 Å². The number of para-hydroxylation sites is 1. The molecule has 2 heteroatoms. The van der Waals surface area contributed by atoms with Crippen molar-refractivity contribution in [3.05, 3.63) is 161 Å². The maximum Gasteiger partial charge on any atom is 0.145 e. The van der Waals surface area contributed by atoms with E-state index in [4.69, 9.17) is 4.42 Å². The lowest BCUT2D eigenvalue weighted by Crippen LogP contribution is -2.16. The Morgan fingerprint density at radius 3 is 1.93 bits per heavy atom. The van der Waals surface area contributed by atoms with Crippen molar-refractivity contribution >= 4 is 43.7 Å². The van der Waals surface area contributed by atoms with Crippen LogP contribution in [0.15, 0.2) is 132 Å². The lowest BCUT2D eigenvalue weighted by atomic mass is 9.77. The van der Waals surface area contributed by atoms with E-state index < -0.39 is 0 Å². The summed E-state index contributed by atoms with van der Waals surface area (Å²) >= 11 is 0. The molecule has 9 aromatic rings. The summed E-state index contributed by atoms with van der Waals surface area (Å²) < 4.78 is 9.94. The number of aryl methyl sites for hydroxylation is 1. The molecule has 0 saturated carbocycles. The fourth-order valence-electron chi connectivity index (χ4n) is 11.3. The van der Waals surface area contributed by atoms with Crippen molar-refractivity contribution in [3.8, 4) is 39.1 Å². The van der Waals surface area contributed by atoms with E-state index in [1.54, 1.807) is 0 Å². The zero-order valence-electron chi connectivity index (χ0n) is 32.9. The molecule has 0 N–H and O–H groups in total. The van der Waals surface area contributed by atoms with Crippen LogP contribution in [-0.2, 0) is 23.7 Å². The molecule has 0 saturated heterocycles. The van der Waals surface area contributed by atoms with Crippen molar-refractivity contribution in [2.75, 3.05) is 0 Å². The summed E-state index contributed by atoms with van der Waals surface area (Å²) in [7, 11) is 0. The number of furan rings is 1. The fourth-order valence-corrected chi connectivity index (χ4v) is 11.3. The molecule has 2 aromatic heterocycles. The van der Waals surface area contributed by atoms with Gasteiger partial charge in [0, 0.05) is 38.2 Å². The highest BCUT2D eigenvalue weighted by Gasteiger charge is 2.38. The van der Waals surface area contributed by atoms with Crippen LogP contribution in [0.1, 0.15) is 80.8 Å². The first-order valence-electron chi connectivity index (χ1n) is 20.7. The Morgan fingerprint density at radius 2 is 1.20 bits per heavy atom. The van der Waals surface area contributed by atoms with Gasteiger partial charge in [0.1, 0.15) is 11.2 Å². The molecule has 1 unspecified atom stereocenters. The SMILES string of the molecule is CCC1CCc2ccc3c(oc4c3ccc3c4c4cc5c(cc4n3-c3ccccc3)C(C)(C)c3ccccc3-5)c2-c2cc3c(cc2C1)C(C)(C)c1ccccc1-3. The Balaban J connectivity index is 1.19. The number of aromatic nitrogens is 1. The van der Waals surface area contributed by atoms with Crippen LogP contribution in [-0.4, -0.2) is 4.57 Å². The zero-order valence-corrected chi connectivity index (χ0v) is 32.9. The molecule has 2 nitrogen and oxygen atoms in total. The molecule has 7 aromatic carbocycles. The van der Waals surface area contributed by atoms with Crippen LogP contribution in [0.5, 0.6) is 0 Å². The van der Waals surface area contributed by atoms with Gasteiger partial charge in [-0.3, -0.25) is 0 Å². The van der Waals surface area contributed by atoms with Crippen LogP contribution in [0, 0.1) is 5.92 Å². The normalized spacial score (nSPS) is 17.3. The lowest BCUT2D eigenvalue weighted by Gasteiger charge is -2.27. The van der Waals surface area contributed by atoms with E-state index in [0.29, 0.717) is 5.92 Å². The van der Waals surface area contributed by atoms with Crippen LogP contribution in [0.2, 0.25) is 0 Å². The summed E-state index contributed by atoms with van der Waals surface area (Å²) in [6, 6.07) is 48.4. The third-order valence-corrected chi connectivity index (χ3v) is 14.3. The van der Waals surface area contributed by atoms with Crippen molar-refractivity contribution in [2.24, 2.45) is 5.92 Å². The minimum absolute atomic E-state index is 0.0340. The molecule has 0 aliphatic heterocycles. The van der Waals surface area contributed by atoms with Crippen LogP contribution < -0.4 is 0 Å². The molecule has 2 heterocycles. The van der Waals surface area contributed by atoms with Gasteiger partial charge >= 0.3 is 0 Å². The molecule has 12 rings (SSSR count). The predicted octanol–water partition coefficient (Wildman–Crippen LogP) is 14.5. The van der Waals surface area contributed by atoms with E-state index >= 15 is 0 Å². The van der Waals surface area contributed by atoms with E-state index in [1.165, 1.54) is 112 Å². The monoisotopic (exact) mass is 723 g/mol. The van der Waals surface area contributed by atoms with Crippen molar-refractivity contribution in [1.82, 2.24) is 4.57 Å². The highest BCUT2D eigenvalue weighted by Crippen LogP contribution is 2.54. The predicted molar refractivity (Wildman–Crippen MR) is 234 cm³/mol. The number of fused-ring (bicyclic) bond motifs is 17. The first kappa shape index (κ1) is 32.4. The largest absolute Gasteiger partial charge is 0.455 e. The molecule has 0 fully saturated rings. The van der Waals surface area contributed by atoms with E-state index in [1.807, 2.05) is 0 Å². The van der Waals surface area contributed by atoms with Gasteiger partial charge in [-0.15, -0.1) is 0 Å². The maximum atomic E-state index is 7.47. The highest BCUT2D eigenvalue weighted by atomic mass is 16.3. The number of nitrogens with zero attached hydrogens (tertiary/aromatic N) is 1. The second-order valence-electron chi connectivity index (χ2n) is 17.9. The van der Waals surface area contributed by atoms with E-state index in [2.05, 4.69) is 167 Å². The molecule has 0 spiro atoms. The van der Waals surface area contributed by atoms with Crippen LogP contribution >= 0.6 is 0 Å². The van der Waals surface area contributed by atoms with Crippen LogP contribution in [0.3, 0.4) is 0 Å². The molecule has 272 valence electrons. The second kappa shape index (κ2) is 11.1. The first-order chi connectivity index (χ1) is 27.2. The summed E-state index contributed by atoms with van der Waals surface area (Å²) in [5, 5.41) is 4.82. The first-order valence-corrected chi connectivity index (χ1v) is 20.7. The molecule has 0 radical (unpaired) electrons. The van der Waals surface area contributed by atoms with Gasteiger partial charge in [-0.05, 0) is 129 Å². The van der Waals surface area contributed by atoms with Crippen LogP contribution in [0.25, 0.3) is 82.8 Å². The smallest absolute Gasteiger partial charge is 0.145 e. The summed E-state index contributed by atoms with van der Waals surface area (Å²) in [4.78, 5) is 0. The Kier molecular flexibility index (Phi) is 6.44. The quantitative estimate of drug-likeness (QED) is 0.174. The number of rotatable bonds is 2. The van der Waals surface area contributed by atoms with Gasteiger partial charge in [0.25, 0.3) is 0 Å². The molecule has 1 atom stereocenters. The standard InChI is InChI=1S/C54H45NO/c1-6-31-20-21-32-22-23-37-38-24-25-47-50(42-29-41-36-17-11-13-19-44(36)54(4,5)46(41)30-48(42)55(47)34-14-8-7-9-15-34)52(38)56-51(37)49(32)39-28-40-35-16-10-12-18-43(35)53(2,3)45(40)27-33(39)26-31/h7-19,22-25,27-31H,6,20-21,26H2,1-5H3. The topological polar surface area (TPSA) is 18.1 Å². The van der Waals surface area contributed by atoms with Gasteiger partial charge in [-0.2, -0.15) is 0 Å². The molecule has 56 heavy (non-hydrogen) atoms. The number of hydrogen-bond donors (Lipinski definition) is 0. The third-order valence-electron chi connectivity index (χ3n) is 14.3. The molecule has 0 bridgehead atoms. The van der Waals surface area contributed by atoms with E-state index in [9.17, 15) is 0 Å². The second-order valence-corrected chi connectivity index (χ2v) is 17.9. The fraction of sp³-hybridized carbons (Fsp3) is 0.222. The van der Waals surface area contributed by atoms with Gasteiger partial charge in [-0.1, -0.05) is 126 Å². The maximum absolute atomic E-state index is 7.47. The van der Waals surface area contributed by atoms with Gasteiger partial charge in [-0.25, -0.2) is 0 Å². The summed E-state index contributed by atoms with van der Waals surface area (Å²) in [5.74, 6) is 0.652. The van der Waals surface area contributed by atoms with E-state index in [0.717, 1.165) is 29.7 Å². The Morgan fingerprint density at radius 1 is 0.554 bits per heavy atom. The third kappa shape index (κ3) is 4.12. The summed E-state index contributed by atoms with van der Waals surface area (Å²) in [6.07, 6.45) is 4.53. The van der Waals surface area contributed by atoms with Crippen LogP contribution in [0.4, 0.5) is 0 Å². The minimum atomic E-state index is -0.0941. The van der Waals surface area contributed by atoms with Crippen molar-refractivity contribution < 1.29 is 4.42 Å². The average molecular weight is 724 g/mol. The van der Waals surface area contributed by atoms with Crippen molar-refractivity contribution in [3.63, 3.8) is 0 Å². The van der Waals surface area contributed by atoms with Gasteiger partial charge in [0.15, 0.2) is 0 Å². The number of hydrogen-bond acceptors (Lipinski definition) is 1. The summed E-state index contributed by atoms with van der Waals surface area (Å²) in [5.41, 5.74) is 22.1. The van der Waals surface area contributed by atoms with E-state index in [-0.39, 0.29) is 10.8 Å². The molecule has 0 amide bonds. The number of benzene rings is 7. The summed E-state index contributed by atoms with van der Waals surface area (Å²) in [6.45, 7) is 11.9. The molecular weight excluding hydrogens is 679 g/mol. The Labute approximate surface area is 328 Å². The van der Waals surface area contributed by atoms with Gasteiger partial charge in [0.05, 0.1) is 16.4 Å². The average Bonchev–Trinajstić information content (AvgIpc) is 3.88. The molecular formula is C54H45NO. The Hall–Kier alpha value is -5.86. The molecule has 3 aliphatic rings.